The molecule has 5 aliphatic rings. The van der Waals surface area contributed by atoms with E-state index in [-0.39, 0.29) is 0 Å². The summed E-state index contributed by atoms with van der Waals surface area (Å²) in [7, 11) is 0. The number of fused-ring (bicyclic) bond motifs is 2. The Morgan fingerprint density at radius 2 is 1.85 bits per heavy atom. The number of ether oxygens (including phenoxy) is 4. The Labute approximate surface area is 157 Å². The van der Waals surface area contributed by atoms with E-state index >= 15 is 0 Å². The van der Waals surface area contributed by atoms with E-state index in [9.17, 15) is 0 Å². The molecule has 144 valence electrons. The first kappa shape index (κ1) is 19.6. The van der Waals surface area contributed by atoms with Crippen LogP contribution in [0, 0.1) is 17.8 Å². The molecule has 4 atom stereocenters. The predicted molar refractivity (Wildman–Crippen MR) is 103 cm³/mol. The minimum atomic E-state index is 0.384. The van der Waals surface area contributed by atoms with Crippen molar-refractivity contribution in [1.29, 1.82) is 0 Å². The van der Waals surface area contributed by atoms with Gasteiger partial charge in [0.05, 0.1) is 39.6 Å². The fraction of sp³-hybridized carbons (Fsp3) is 0.636. The molecule has 5 rings (SSSR count). The second kappa shape index (κ2) is 10.8. The van der Waals surface area contributed by atoms with Gasteiger partial charge in [0.2, 0.25) is 0 Å². The highest BCUT2D eigenvalue weighted by atomic mass is 16.6. The van der Waals surface area contributed by atoms with Crippen molar-refractivity contribution >= 4 is 0 Å². The maximum Gasteiger partial charge on any atom is 0.104 e. The monoisotopic (exact) mass is 360 g/mol. The van der Waals surface area contributed by atoms with Crippen molar-refractivity contribution in [2.24, 2.45) is 17.8 Å². The second-order valence-corrected chi connectivity index (χ2v) is 7.41. The van der Waals surface area contributed by atoms with Gasteiger partial charge in [0, 0.05) is 0 Å². The first-order chi connectivity index (χ1) is 12.8. The van der Waals surface area contributed by atoms with E-state index in [4.69, 9.17) is 18.9 Å². The minimum Gasteiger partial charge on any atom is -0.376 e. The number of allylic oxidation sites excluding steroid dienone is 6. The Kier molecular flexibility index (Phi) is 8.15. The standard InChI is InChI=1S/C11H16O2.C6H10O2.C5H6/c1-2-9-3-8(1)4-10(9)5-13-11-6-12-7-11;1-2-3-7-4-6-5-8-6;1-2-4-5-3-1/h1-2,8-11H,3-7H2;2,6H,1,3-5H2;1-4H,5H2. The number of hydrogen-bond acceptors (Lipinski definition) is 4. The molecule has 0 aromatic heterocycles. The summed E-state index contributed by atoms with van der Waals surface area (Å²) in [6.07, 6.45) is 19.5. The molecule has 1 saturated carbocycles. The first-order valence-corrected chi connectivity index (χ1v) is 9.84. The van der Waals surface area contributed by atoms with Crippen LogP contribution in [0.1, 0.15) is 19.3 Å². The van der Waals surface area contributed by atoms with E-state index in [1.807, 2.05) is 0 Å². The lowest BCUT2D eigenvalue weighted by Gasteiger charge is -2.28. The molecular formula is C22H32O4. The molecule has 2 aliphatic heterocycles. The SMILES string of the molecule is C1=CC2CC1CC2COC1COC1.C1=CCC=C1.C=CCOCC1CO1. The molecule has 0 spiro atoms. The van der Waals surface area contributed by atoms with Gasteiger partial charge in [-0.1, -0.05) is 42.5 Å². The lowest BCUT2D eigenvalue weighted by molar-refractivity contribution is -0.137. The van der Waals surface area contributed by atoms with E-state index in [2.05, 4.69) is 43.0 Å². The zero-order valence-electron chi connectivity index (χ0n) is 15.6. The van der Waals surface area contributed by atoms with Gasteiger partial charge in [0.25, 0.3) is 0 Å². The molecule has 0 N–H and O–H groups in total. The summed E-state index contributed by atoms with van der Waals surface area (Å²) >= 11 is 0. The molecule has 3 fully saturated rings. The third-order valence-electron chi connectivity index (χ3n) is 5.17. The van der Waals surface area contributed by atoms with Crippen LogP contribution in [-0.4, -0.2) is 51.8 Å². The van der Waals surface area contributed by atoms with Crippen LogP contribution in [-0.2, 0) is 18.9 Å². The molecule has 2 bridgehead atoms. The third kappa shape index (κ3) is 6.84. The third-order valence-corrected chi connectivity index (χ3v) is 5.17. The molecule has 26 heavy (non-hydrogen) atoms. The van der Waals surface area contributed by atoms with E-state index < -0.39 is 0 Å². The van der Waals surface area contributed by atoms with Crippen LogP contribution >= 0.6 is 0 Å². The Balaban J connectivity index is 0.000000129. The van der Waals surface area contributed by atoms with Crippen LogP contribution in [0.15, 0.2) is 49.1 Å². The van der Waals surface area contributed by atoms with Gasteiger partial charge in [-0.3, -0.25) is 0 Å². The fourth-order valence-corrected chi connectivity index (χ4v) is 3.50. The molecule has 0 amide bonds. The van der Waals surface area contributed by atoms with Crippen LogP contribution in [0.2, 0.25) is 0 Å². The topological polar surface area (TPSA) is 40.2 Å². The second-order valence-electron chi connectivity index (χ2n) is 7.41. The van der Waals surface area contributed by atoms with Gasteiger partial charge in [0.1, 0.15) is 12.2 Å². The lowest BCUT2D eigenvalue weighted by atomic mass is 9.94. The minimum absolute atomic E-state index is 0.384. The van der Waals surface area contributed by atoms with Crippen molar-refractivity contribution in [2.45, 2.75) is 31.5 Å². The Morgan fingerprint density at radius 3 is 2.31 bits per heavy atom. The maximum absolute atomic E-state index is 5.76. The van der Waals surface area contributed by atoms with E-state index in [1.54, 1.807) is 6.08 Å². The predicted octanol–water partition coefficient (Wildman–Crippen LogP) is 3.70. The normalized spacial score (nSPS) is 32.5. The molecule has 3 aliphatic carbocycles. The number of epoxide rings is 1. The van der Waals surface area contributed by atoms with E-state index in [0.29, 0.717) is 18.8 Å². The maximum atomic E-state index is 5.76. The zero-order chi connectivity index (χ0) is 18.0. The highest BCUT2D eigenvalue weighted by Gasteiger charge is 2.36. The largest absolute Gasteiger partial charge is 0.376 e. The Hall–Kier alpha value is -1.20. The van der Waals surface area contributed by atoms with Crippen LogP contribution < -0.4 is 0 Å². The van der Waals surface area contributed by atoms with Crippen LogP contribution in [0.3, 0.4) is 0 Å². The smallest absolute Gasteiger partial charge is 0.104 e. The highest BCUT2D eigenvalue weighted by molar-refractivity contribution is 5.12. The van der Waals surface area contributed by atoms with E-state index in [1.165, 1.54) is 12.8 Å². The average Bonchev–Trinajstić information content (AvgIpc) is 3.06. The van der Waals surface area contributed by atoms with Crippen molar-refractivity contribution in [2.75, 3.05) is 39.6 Å². The Bertz CT molecular complexity index is 492. The summed E-state index contributed by atoms with van der Waals surface area (Å²) in [5.74, 6) is 2.50. The van der Waals surface area contributed by atoms with Crippen molar-refractivity contribution in [3.63, 3.8) is 0 Å². The summed E-state index contributed by atoms with van der Waals surface area (Å²) in [6.45, 7) is 8.34. The van der Waals surface area contributed by atoms with Crippen LogP contribution in [0.5, 0.6) is 0 Å². The lowest BCUT2D eigenvalue weighted by Crippen LogP contribution is -2.37. The van der Waals surface area contributed by atoms with Crippen LogP contribution in [0.4, 0.5) is 0 Å². The molecular weight excluding hydrogens is 328 g/mol. The molecule has 4 heteroatoms. The first-order valence-electron chi connectivity index (χ1n) is 9.84. The molecule has 2 saturated heterocycles. The van der Waals surface area contributed by atoms with Gasteiger partial charge in [-0.2, -0.15) is 0 Å². The molecule has 0 aromatic rings. The summed E-state index contributed by atoms with van der Waals surface area (Å²) in [5.41, 5.74) is 0. The molecule has 0 radical (unpaired) electrons. The van der Waals surface area contributed by atoms with Crippen LogP contribution in [0.25, 0.3) is 0 Å². The van der Waals surface area contributed by atoms with Gasteiger partial charge >= 0.3 is 0 Å². The van der Waals surface area contributed by atoms with Crippen molar-refractivity contribution in [3.8, 4) is 0 Å². The molecule has 0 aromatic carbocycles. The Morgan fingerprint density at radius 1 is 1.04 bits per heavy atom. The quantitative estimate of drug-likeness (QED) is 0.394. The fourth-order valence-electron chi connectivity index (χ4n) is 3.50. The van der Waals surface area contributed by atoms with Gasteiger partial charge in [-0.25, -0.2) is 0 Å². The van der Waals surface area contributed by atoms with Gasteiger partial charge in [0.15, 0.2) is 0 Å². The molecule has 4 unspecified atom stereocenters. The number of rotatable bonds is 7. The van der Waals surface area contributed by atoms with Crippen molar-refractivity contribution < 1.29 is 18.9 Å². The molecule has 2 heterocycles. The molecule has 4 nitrogen and oxygen atoms in total. The number of hydrogen-bond donors (Lipinski definition) is 0. The van der Waals surface area contributed by atoms with Crippen molar-refractivity contribution in [3.05, 3.63) is 49.1 Å². The van der Waals surface area contributed by atoms with Gasteiger partial charge < -0.3 is 18.9 Å². The van der Waals surface area contributed by atoms with Crippen molar-refractivity contribution in [1.82, 2.24) is 0 Å². The van der Waals surface area contributed by atoms with Gasteiger partial charge in [-0.05, 0) is 37.0 Å². The highest BCUT2D eigenvalue weighted by Crippen LogP contribution is 2.43. The summed E-state index contributed by atoms with van der Waals surface area (Å²) in [4.78, 5) is 0. The summed E-state index contributed by atoms with van der Waals surface area (Å²) < 4.78 is 20.8. The zero-order valence-corrected chi connectivity index (χ0v) is 15.6. The van der Waals surface area contributed by atoms with Gasteiger partial charge in [-0.15, -0.1) is 6.58 Å². The van der Waals surface area contributed by atoms with E-state index in [0.717, 1.165) is 57.2 Å². The summed E-state index contributed by atoms with van der Waals surface area (Å²) in [6, 6.07) is 0. The average molecular weight is 360 g/mol. The summed E-state index contributed by atoms with van der Waals surface area (Å²) in [5, 5.41) is 0.